The molecule has 3 nitrogen and oxygen atoms in total. The van der Waals surface area contributed by atoms with Crippen LogP contribution in [0.15, 0.2) is 84.0 Å². The minimum absolute atomic E-state index is 0.566. The second-order valence-electron chi connectivity index (χ2n) is 5.56. The van der Waals surface area contributed by atoms with Crippen LogP contribution in [0, 0.1) is 0 Å². The molecule has 0 fully saturated rings. The first-order valence-electron chi connectivity index (χ1n) is 8.07. The Labute approximate surface area is 152 Å². The molecule has 25 heavy (non-hydrogen) atoms. The van der Waals surface area contributed by atoms with Crippen LogP contribution in [0.1, 0.15) is 16.7 Å². The van der Waals surface area contributed by atoms with E-state index in [0.717, 1.165) is 27.5 Å². The molecule has 3 aromatic rings. The molecular formula is C21H19ClN2O. The Hall–Kier alpha value is -2.78. The molecular weight excluding hydrogens is 332 g/mol. The van der Waals surface area contributed by atoms with E-state index < -0.39 is 0 Å². The zero-order valence-corrected chi connectivity index (χ0v) is 14.5. The molecule has 0 atom stereocenters. The van der Waals surface area contributed by atoms with Gasteiger partial charge in [0.2, 0.25) is 0 Å². The fourth-order valence-electron chi connectivity index (χ4n) is 2.25. The third kappa shape index (κ3) is 5.66. The topological polar surface area (TPSA) is 33.6 Å². The minimum atomic E-state index is 0.566. The van der Waals surface area contributed by atoms with Crippen LogP contribution in [0.4, 0.5) is 0 Å². The van der Waals surface area contributed by atoms with E-state index >= 15 is 0 Å². The van der Waals surface area contributed by atoms with E-state index in [1.54, 1.807) is 6.21 Å². The van der Waals surface area contributed by atoms with Crippen LogP contribution in [0.2, 0.25) is 5.02 Å². The average Bonchev–Trinajstić information content (AvgIpc) is 2.67. The smallest absolute Gasteiger partial charge is 0.119 e. The van der Waals surface area contributed by atoms with Crippen LogP contribution in [0.25, 0.3) is 0 Å². The first kappa shape index (κ1) is 17.1. The number of rotatable bonds is 7. The van der Waals surface area contributed by atoms with E-state index in [-0.39, 0.29) is 0 Å². The fourth-order valence-corrected chi connectivity index (χ4v) is 2.38. The second-order valence-corrected chi connectivity index (χ2v) is 6.00. The maximum atomic E-state index is 5.86. The highest BCUT2D eigenvalue weighted by Gasteiger charge is 1.96. The van der Waals surface area contributed by atoms with Gasteiger partial charge < -0.3 is 10.2 Å². The lowest BCUT2D eigenvalue weighted by Gasteiger charge is -2.06. The lowest BCUT2D eigenvalue weighted by molar-refractivity contribution is 0.306. The van der Waals surface area contributed by atoms with Gasteiger partial charge in [0.25, 0.3) is 0 Å². The Morgan fingerprint density at radius 1 is 0.840 bits per heavy atom. The van der Waals surface area contributed by atoms with Crippen molar-refractivity contribution in [3.63, 3.8) is 0 Å². The Morgan fingerprint density at radius 2 is 1.56 bits per heavy atom. The molecule has 1 N–H and O–H groups in total. The molecule has 0 bridgehead atoms. The van der Waals surface area contributed by atoms with Gasteiger partial charge in [0.1, 0.15) is 12.4 Å². The number of hydrogen-bond acceptors (Lipinski definition) is 3. The summed E-state index contributed by atoms with van der Waals surface area (Å²) in [6, 6.07) is 25.7. The molecule has 3 aromatic carbocycles. The number of ether oxygens (including phenoxy) is 1. The molecule has 126 valence electrons. The molecule has 0 aliphatic heterocycles. The summed E-state index contributed by atoms with van der Waals surface area (Å²) in [5.41, 5.74) is 6.32. The summed E-state index contributed by atoms with van der Waals surface area (Å²) in [5, 5.41) is 4.97. The Morgan fingerprint density at radius 3 is 2.28 bits per heavy atom. The number of benzene rings is 3. The van der Waals surface area contributed by atoms with Crippen molar-refractivity contribution in [3.8, 4) is 5.75 Å². The lowest BCUT2D eigenvalue weighted by atomic mass is 10.2. The van der Waals surface area contributed by atoms with E-state index in [1.165, 1.54) is 0 Å². The molecule has 0 aromatic heterocycles. The van der Waals surface area contributed by atoms with Crippen LogP contribution in [0.5, 0.6) is 5.75 Å². The van der Waals surface area contributed by atoms with Crippen molar-refractivity contribution in [2.45, 2.75) is 13.2 Å². The highest BCUT2D eigenvalue weighted by atomic mass is 35.5. The standard InChI is InChI=1S/C21H19ClN2O/c22-20-10-6-17(7-11-20)14-23-24-15-18-8-12-21(13-9-18)25-16-19-4-2-1-3-5-19/h1-13,15,23H,14,16H2/b24-15-. The third-order valence-corrected chi connectivity index (χ3v) is 3.88. The van der Waals surface area contributed by atoms with Crippen LogP contribution in [0.3, 0.4) is 0 Å². The molecule has 0 unspecified atom stereocenters. The highest BCUT2D eigenvalue weighted by molar-refractivity contribution is 6.30. The predicted octanol–water partition coefficient (Wildman–Crippen LogP) is 5.04. The first-order chi connectivity index (χ1) is 12.3. The van der Waals surface area contributed by atoms with E-state index in [4.69, 9.17) is 16.3 Å². The van der Waals surface area contributed by atoms with Gasteiger partial charge in [-0.15, -0.1) is 0 Å². The van der Waals surface area contributed by atoms with Gasteiger partial charge in [-0.25, -0.2) is 0 Å². The van der Waals surface area contributed by atoms with Gasteiger partial charge in [-0.05, 0) is 53.1 Å². The largest absolute Gasteiger partial charge is 0.489 e. The summed E-state index contributed by atoms with van der Waals surface area (Å²) in [5.74, 6) is 0.843. The zero-order chi connectivity index (χ0) is 17.3. The number of nitrogens with one attached hydrogen (secondary N) is 1. The van der Waals surface area contributed by atoms with Crippen molar-refractivity contribution in [3.05, 3.63) is 101 Å². The van der Waals surface area contributed by atoms with Crippen molar-refractivity contribution < 1.29 is 4.74 Å². The normalized spacial score (nSPS) is 10.8. The molecule has 3 rings (SSSR count). The minimum Gasteiger partial charge on any atom is -0.489 e. The second kappa shape index (κ2) is 8.90. The van der Waals surface area contributed by atoms with Crippen molar-refractivity contribution >= 4 is 17.8 Å². The van der Waals surface area contributed by atoms with Crippen LogP contribution < -0.4 is 10.2 Å². The van der Waals surface area contributed by atoms with Gasteiger partial charge in [0.05, 0.1) is 12.8 Å². The Kier molecular flexibility index (Phi) is 6.07. The SMILES string of the molecule is Clc1ccc(CN/N=C\c2ccc(OCc3ccccc3)cc2)cc1. The van der Waals surface area contributed by atoms with E-state index in [0.29, 0.717) is 13.2 Å². The number of hydrogen-bond donors (Lipinski definition) is 1. The fraction of sp³-hybridized carbons (Fsp3) is 0.0952. The summed E-state index contributed by atoms with van der Waals surface area (Å²) >= 11 is 5.86. The number of halogens is 1. The molecule has 0 saturated heterocycles. The van der Waals surface area contributed by atoms with Crippen molar-refractivity contribution in [1.29, 1.82) is 0 Å². The van der Waals surface area contributed by atoms with Crippen LogP contribution in [-0.2, 0) is 13.2 Å². The van der Waals surface area contributed by atoms with Crippen LogP contribution >= 0.6 is 11.6 Å². The summed E-state index contributed by atoms with van der Waals surface area (Å²) in [6.45, 7) is 1.23. The molecule has 0 saturated carbocycles. The van der Waals surface area contributed by atoms with Crippen molar-refractivity contribution in [2.24, 2.45) is 5.10 Å². The molecule has 4 heteroatoms. The summed E-state index contributed by atoms with van der Waals surface area (Å²) < 4.78 is 5.77. The van der Waals surface area contributed by atoms with Crippen molar-refractivity contribution in [2.75, 3.05) is 0 Å². The van der Waals surface area contributed by atoms with Crippen molar-refractivity contribution in [1.82, 2.24) is 5.43 Å². The average molecular weight is 351 g/mol. The maximum absolute atomic E-state index is 5.86. The predicted molar refractivity (Wildman–Crippen MR) is 103 cm³/mol. The Balaban J connectivity index is 1.46. The van der Waals surface area contributed by atoms with Gasteiger partial charge >= 0.3 is 0 Å². The number of nitrogens with zero attached hydrogens (tertiary/aromatic N) is 1. The van der Waals surface area contributed by atoms with E-state index in [2.05, 4.69) is 10.5 Å². The van der Waals surface area contributed by atoms with Gasteiger partial charge in [0.15, 0.2) is 0 Å². The van der Waals surface area contributed by atoms with Gasteiger partial charge in [0, 0.05) is 5.02 Å². The van der Waals surface area contributed by atoms with Gasteiger partial charge in [-0.2, -0.15) is 5.10 Å². The molecule has 0 radical (unpaired) electrons. The maximum Gasteiger partial charge on any atom is 0.119 e. The molecule has 0 amide bonds. The molecule has 0 aliphatic carbocycles. The zero-order valence-electron chi connectivity index (χ0n) is 13.7. The first-order valence-corrected chi connectivity index (χ1v) is 8.44. The summed E-state index contributed by atoms with van der Waals surface area (Å²) in [7, 11) is 0. The van der Waals surface area contributed by atoms with Gasteiger partial charge in [-0.3, -0.25) is 0 Å². The summed E-state index contributed by atoms with van der Waals surface area (Å²) in [6.07, 6.45) is 1.79. The number of hydrazone groups is 1. The van der Waals surface area contributed by atoms with Gasteiger partial charge in [-0.1, -0.05) is 54.1 Å². The van der Waals surface area contributed by atoms with E-state index in [1.807, 2.05) is 78.9 Å². The van der Waals surface area contributed by atoms with E-state index in [9.17, 15) is 0 Å². The molecule has 0 aliphatic rings. The summed E-state index contributed by atoms with van der Waals surface area (Å²) in [4.78, 5) is 0. The third-order valence-electron chi connectivity index (χ3n) is 3.63. The quantitative estimate of drug-likeness (QED) is 0.478. The van der Waals surface area contributed by atoms with Crippen LogP contribution in [-0.4, -0.2) is 6.21 Å². The Bertz CT molecular complexity index is 800. The highest BCUT2D eigenvalue weighted by Crippen LogP contribution is 2.13. The molecule has 0 spiro atoms. The monoisotopic (exact) mass is 350 g/mol. The molecule has 0 heterocycles. The lowest BCUT2D eigenvalue weighted by Crippen LogP contribution is -2.05.